The van der Waals surface area contributed by atoms with Crippen molar-refractivity contribution in [1.82, 2.24) is 19.7 Å². The van der Waals surface area contributed by atoms with Crippen LogP contribution in [0.1, 0.15) is 42.7 Å². The summed E-state index contributed by atoms with van der Waals surface area (Å²) in [5, 5.41) is 4.51. The second-order valence-electron chi connectivity index (χ2n) is 8.33. The number of aromatic amines is 1. The highest BCUT2D eigenvalue weighted by Gasteiger charge is 2.18. The first kappa shape index (κ1) is 23.2. The van der Waals surface area contributed by atoms with E-state index >= 15 is 0 Å². The lowest BCUT2D eigenvalue weighted by Crippen LogP contribution is -2.13. The molecule has 2 aromatic carbocycles. The minimum atomic E-state index is -0.349. The van der Waals surface area contributed by atoms with Crippen LogP contribution in [0.3, 0.4) is 0 Å². The highest BCUT2D eigenvalue weighted by atomic mass is 16.5. The number of hydrogen-bond donors (Lipinski definition) is 2. The molecule has 176 valence electrons. The Kier molecular flexibility index (Phi) is 6.77. The van der Waals surface area contributed by atoms with Crippen LogP contribution in [0.5, 0.6) is 5.75 Å². The number of H-pyrrole nitrogens is 1. The number of nitrogens with zero attached hydrogens (tertiary/aromatic N) is 3. The number of ether oxygens (including phenoxy) is 1. The molecule has 0 unspecified atom stereocenters. The minimum Gasteiger partial charge on any atom is -0.493 e. The zero-order valence-electron chi connectivity index (χ0n) is 19.7. The number of hydrogen-bond acceptors (Lipinski definition) is 5. The van der Waals surface area contributed by atoms with Crippen LogP contribution in [0.2, 0.25) is 0 Å². The second kappa shape index (κ2) is 9.91. The van der Waals surface area contributed by atoms with E-state index in [1.165, 1.54) is 0 Å². The molecular formula is C26H29N5O3. The van der Waals surface area contributed by atoms with Crippen LogP contribution in [0.25, 0.3) is 22.4 Å². The molecule has 2 aromatic heterocycles. The van der Waals surface area contributed by atoms with Gasteiger partial charge in [0.25, 0.3) is 5.56 Å². The molecule has 0 spiro atoms. The average Bonchev–Trinajstić information content (AvgIpc) is 3.12. The molecule has 8 heteroatoms. The quantitative estimate of drug-likeness (QED) is 0.398. The molecule has 0 aliphatic heterocycles. The second-order valence-corrected chi connectivity index (χ2v) is 8.33. The van der Waals surface area contributed by atoms with E-state index in [-0.39, 0.29) is 17.9 Å². The summed E-state index contributed by atoms with van der Waals surface area (Å²) in [4.78, 5) is 31.8. The van der Waals surface area contributed by atoms with Crippen molar-refractivity contribution < 1.29 is 9.53 Å². The largest absolute Gasteiger partial charge is 0.493 e. The molecule has 0 bridgehead atoms. The Bertz CT molecular complexity index is 1390. The van der Waals surface area contributed by atoms with Crippen LogP contribution in [0.15, 0.2) is 47.3 Å². The summed E-state index contributed by atoms with van der Waals surface area (Å²) in [5.41, 5.74) is 10.7. The molecule has 3 N–H and O–H groups in total. The van der Waals surface area contributed by atoms with E-state index in [9.17, 15) is 9.59 Å². The molecule has 8 nitrogen and oxygen atoms in total. The third-order valence-electron chi connectivity index (χ3n) is 5.66. The fourth-order valence-corrected chi connectivity index (χ4v) is 4.14. The number of nitrogens with one attached hydrogen (secondary N) is 1. The molecule has 4 rings (SSSR count). The summed E-state index contributed by atoms with van der Waals surface area (Å²) in [6.07, 6.45) is 2.56. The van der Waals surface area contributed by atoms with Crippen LogP contribution in [-0.2, 0) is 31.1 Å². The lowest BCUT2D eigenvalue weighted by molar-refractivity contribution is -0.117. The van der Waals surface area contributed by atoms with Crippen LogP contribution in [-0.4, -0.2) is 32.3 Å². The molecule has 0 atom stereocenters. The zero-order valence-corrected chi connectivity index (χ0v) is 19.7. The Hall–Kier alpha value is -3.94. The van der Waals surface area contributed by atoms with Gasteiger partial charge in [0.15, 0.2) is 5.52 Å². The van der Waals surface area contributed by atoms with Gasteiger partial charge < -0.3 is 15.5 Å². The van der Waals surface area contributed by atoms with Gasteiger partial charge in [0, 0.05) is 7.05 Å². The number of carbonyl (C=O) groups is 1. The van der Waals surface area contributed by atoms with Crippen molar-refractivity contribution in [2.45, 2.75) is 39.5 Å². The van der Waals surface area contributed by atoms with Gasteiger partial charge in [0.05, 0.1) is 24.3 Å². The van der Waals surface area contributed by atoms with Gasteiger partial charge in [-0.3, -0.25) is 14.3 Å². The van der Waals surface area contributed by atoms with Gasteiger partial charge >= 0.3 is 0 Å². The number of fused-ring (bicyclic) bond motifs is 1. The minimum absolute atomic E-state index is 0.226. The number of primary amides is 1. The van der Waals surface area contributed by atoms with Gasteiger partial charge in [0.1, 0.15) is 17.1 Å². The number of carbonyl (C=O) groups excluding carboxylic acids is 1. The van der Waals surface area contributed by atoms with Crippen LogP contribution in [0, 0.1) is 0 Å². The van der Waals surface area contributed by atoms with Gasteiger partial charge in [-0.1, -0.05) is 43.7 Å². The first-order valence-corrected chi connectivity index (χ1v) is 11.5. The average molecular weight is 460 g/mol. The summed E-state index contributed by atoms with van der Waals surface area (Å²) < 4.78 is 7.45. The summed E-state index contributed by atoms with van der Waals surface area (Å²) >= 11 is 0. The Morgan fingerprint density at radius 3 is 2.47 bits per heavy atom. The number of aromatic nitrogens is 4. The molecule has 0 aliphatic carbocycles. The zero-order chi connectivity index (χ0) is 24.2. The molecule has 1 amide bonds. The summed E-state index contributed by atoms with van der Waals surface area (Å²) in [5.74, 6) is 0.773. The lowest BCUT2D eigenvalue weighted by atomic mass is 10.00. The van der Waals surface area contributed by atoms with Gasteiger partial charge in [0.2, 0.25) is 5.91 Å². The number of benzene rings is 2. The lowest BCUT2D eigenvalue weighted by Gasteiger charge is -2.12. The van der Waals surface area contributed by atoms with Crippen molar-refractivity contribution in [2.24, 2.45) is 12.8 Å². The van der Waals surface area contributed by atoms with E-state index in [4.69, 9.17) is 15.5 Å². The summed E-state index contributed by atoms with van der Waals surface area (Å²) in [7, 11) is 1.76. The van der Waals surface area contributed by atoms with E-state index in [2.05, 4.69) is 17.0 Å². The van der Waals surface area contributed by atoms with E-state index in [0.717, 1.165) is 40.8 Å². The number of amides is 1. The maximum atomic E-state index is 12.9. The predicted octanol–water partition coefficient (Wildman–Crippen LogP) is 3.29. The SMILES string of the molecule is CCCc1nn(C)c2c(=O)[nH]c(-c3cc(Cc4ccc(CC(N)=O)cc4)ccc3OCC)nc12. The van der Waals surface area contributed by atoms with Crippen molar-refractivity contribution in [1.29, 1.82) is 0 Å². The Labute approximate surface area is 197 Å². The van der Waals surface area contributed by atoms with E-state index in [1.807, 2.05) is 49.4 Å². The van der Waals surface area contributed by atoms with Crippen LogP contribution < -0.4 is 16.0 Å². The molecule has 0 aliphatic rings. The maximum absolute atomic E-state index is 12.9. The Balaban J connectivity index is 1.74. The van der Waals surface area contributed by atoms with Crippen LogP contribution in [0.4, 0.5) is 0 Å². The van der Waals surface area contributed by atoms with Gasteiger partial charge in [-0.05, 0) is 48.6 Å². The molecule has 0 saturated carbocycles. The molecule has 0 radical (unpaired) electrons. The van der Waals surface area contributed by atoms with E-state index in [1.54, 1.807) is 11.7 Å². The fraction of sp³-hybridized carbons (Fsp3) is 0.308. The monoisotopic (exact) mass is 459 g/mol. The van der Waals surface area contributed by atoms with Crippen LogP contribution >= 0.6 is 0 Å². The third-order valence-corrected chi connectivity index (χ3v) is 5.66. The third kappa shape index (κ3) is 4.85. The van der Waals surface area contributed by atoms with Gasteiger partial charge in [-0.25, -0.2) is 4.98 Å². The van der Waals surface area contributed by atoms with E-state index < -0.39 is 0 Å². The molecule has 0 fully saturated rings. The highest BCUT2D eigenvalue weighted by Crippen LogP contribution is 2.30. The number of rotatable bonds is 9. The fourth-order valence-electron chi connectivity index (χ4n) is 4.14. The topological polar surface area (TPSA) is 116 Å². The van der Waals surface area contributed by atoms with Crippen molar-refractivity contribution in [3.8, 4) is 17.1 Å². The molecule has 2 heterocycles. The highest BCUT2D eigenvalue weighted by molar-refractivity contribution is 5.80. The van der Waals surface area contributed by atoms with Crippen molar-refractivity contribution in [3.05, 3.63) is 75.2 Å². The molecule has 0 saturated heterocycles. The predicted molar refractivity (Wildman–Crippen MR) is 132 cm³/mol. The smallest absolute Gasteiger partial charge is 0.277 e. The van der Waals surface area contributed by atoms with E-state index in [0.29, 0.717) is 35.6 Å². The standard InChI is InChI=1S/C26H29N5O3/c1-4-6-20-23-24(31(3)30-20)26(33)29-25(28-23)19-14-18(11-12-21(19)34-5-2)13-16-7-9-17(10-8-16)15-22(27)32/h7-12,14H,4-6,13,15H2,1-3H3,(H2,27,32)(H,28,29,33). The first-order chi connectivity index (χ1) is 16.4. The Morgan fingerprint density at radius 1 is 1.09 bits per heavy atom. The first-order valence-electron chi connectivity index (χ1n) is 11.5. The molecule has 4 aromatic rings. The number of nitrogens with two attached hydrogens (primary N) is 1. The molecule has 34 heavy (non-hydrogen) atoms. The van der Waals surface area contributed by atoms with Crippen molar-refractivity contribution >= 4 is 16.9 Å². The number of aryl methyl sites for hydroxylation is 2. The van der Waals surface area contributed by atoms with Gasteiger partial charge in [-0.2, -0.15) is 5.10 Å². The van der Waals surface area contributed by atoms with Gasteiger partial charge in [-0.15, -0.1) is 0 Å². The van der Waals surface area contributed by atoms with Crippen molar-refractivity contribution in [3.63, 3.8) is 0 Å². The molecular weight excluding hydrogens is 430 g/mol. The summed E-state index contributed by atoms with van der Waals surface area (Å²) in [6.45, 7) is 4.49. The maximum Gasteiger partial charge on any atom is 0.277 e. The normalized spacial score (nSPS) is 11.1. The summed E-state index contributed by atoms with van der Waals surface area (Å²) in [6, 6.07) is 13.7. The van der Waals surface area contributed by atoms with Crippen molar-refractivity contribution in [2.75, 3.05) is 6.61 Å². The Morgan fingerprint density at radius 2 is 1.79 bits per heavy atom.